The standard InChI is InChI=1S/C27H55N2O6P/c1-6-8-10-12-13-14-15-16-17-19-21-27(31)28-25(26(30)20-18-11-9-7-2)24-35-36(32,33)34-23-22-29(3,4)5/h18,20,25-26,30H,6-17,19,21-24H2,1-5H3,(H-,28,31,32,33)/p+1/b20-18+. The van der Waals surface area contributed by atoms with Gasteiger partial charge in [-0.25, -0.2) is 4.57 Å². The highest BCUT2D eigenvalue weighted by Gasteiger charge is 2.27. The van der Waals surface area contributed by atoms with E-state index < -0.39 is 20.0 Å². The molecule has 3 N–H and O–H groups in total. The van der Waals surface area contributed by atoms with Crippen molar-refractivity contribution in [3.8, 4) is 0 Å². The minimum atomic E-state index is -4.29. The Morgan fingerprint density at radius 1 is 0.917 bits per heavy atom. The molecule has 0 spiro atoms. The molecule has 0 bridgehead atoms. The summed E-state index contributed by atoms with van der Waals surface area (Å²) in [4.78, 5) is 22.5. The number of aliphatic hydroxyl groups is 1. The molecule has 0 saturated carbocycles. The first-order valence-corrected chi connectivity index (χ1v) is 15.6. The van der Waals surface area contributed by atoms with Crippen LogP contribution in [-0.4, -0.2) is 73.4 Å². The average Bonchev–Trinajstić information content (AvgIpc) is 2.79. The van der Waals surface area contributed by atoms with Gasteiger partial charge in [0.05, 0.1) is 39.9 Å². The molecule has 0 saturated heterocycles. The molecule has 0 aliphatic carbocycles. The number of unbranched alkanes of at least 4 members (excludes halogenated alkanes) is 11. The maximum Gasteiger partial charge on any atom is 0.472 e. The Hall–Kier alpha value is -0.760. The number of allylic oxidation sites excluding steroid dienone is 1. The van der Waals surface area contributed by atoms with Gasteiger partial charge in [-0.15, -0.1) is 0 Å². The SMILES string of the molecule is CCCC/C=C/C(O)C(COP(=O)(O)OCC[N+](C)(C)C)NC(=O)CCCCCCCCCCCC. The Bertz CT molecular complexity index is 624. The van der Waals surface area contributed by atoms with Gasteiger partial charge in [0, 0.05) is 6.42 Å². The normalized spacial score (nSPS) is 15.6. The summed E-state index contributed by atoms with van der Waals surface area (Å²) < 4.78 is 23.0. The van der Waals surface area contributed by atoms with Crippen LogP contribution in [0.25, 0.3) is 0 Å². The number of likely N-dealkylation sites (N-methyl/N-ethyl adjacent to an activating group) is 1. The van der Waals surface area contributed by atoms with Crippen LogP contribution in [0.2, 0.25) is 0 Å². The Morgan fingerprint density at radius 2 is 1.47 bits per heavy atom. The van der Waals surface area contributed by atoms with Gasteiger partial charge in [-0.1, -0.05) is 96.6 Å². The molecule has 36 heavy (non-hydrogen) atoms. The van der Waals surface area contributed by atoms with Crippen molar-refractivity contribution in [1.82, 2.24) is 5.32 Å². The summed E-state index contributed by atoms with van der Waals surface area (Å²) in [5.74, 6) is -0.192. The van der Waals surface area contributed by atoms with Crippen molar-refractivity contribution in [2.45, 2.75) is 116 Å². The highest BCUT2D eigenvalue weighted by Crippen LogP contribution is 2.43. The Morgan fingerprint density at radius 3 is 2.03 bits per heavy atom. The second-order valence-electron chi connectivity index (χ2n) is 10.8. The van der Waals surface area contributed by atoms with Gasteiger partial charge in [0.2, 0.25) is 5.91 Å². The fourth-order valence-corrected chi connectivity index (χ4v) is 4.35. The summed E-state index contributed by atoms with van der Waals surface area (Å²) in [7, 11) is 1.56. The summed E-state index contributed by atoms with van der Waals surface area (Å²) in [5.41, 5.74) is 0. The van der Waals surface area contributed by atoms with E-state index >= 15 is 0 Å². The quantitative estimate of drug-likeness (QED) is 0.0631. The summed E-state index contributed by atoms with van der Waals surface area (Å²) in [6.07, 6.45) is 17.6. The molecule has 8 nitrogen and oxygen atoms in total. The molecule has 0 fully saturated rings. The number of hydrogen-bond donors (Lipinski definition) is 3. The monoisotopic (exact) mass is 535 g/mol. The van der Waals surface area contributed by atoms with Crippen LogP contribution >= 0.6 is 7.82 Å². The molecule has 1 amide bonds. The molecule has 0 aliphatic rings. The van der Waals surface area contributed by atoms with Crippen molar-refractivity contribution in [2.24, 2.45) is 0 Å². The minimum absolute atomic E-state index is 0.0620. The van der Waals surface area contributed by atoms with Gasteiger partial charge in [-0.3, -0.25) is 13.8 Å². The van der Waals surface area contributed by atoms with Gasteiger partial charge >= 0.3 is 7.82 Å². The highest BCUT2D eigenvalue weighted by molar-refractivity contribution is 7.47. The smallest absolute Gasteiger partial charge is 0.387 e. The molecule has 0 heterocycles. The van der Waals surface area contributed by atoms with Crippen LogP contribution in [0.5, 0.6) is 0 Å². The van der Waals surface area contributed by atoms with Crippen LogP contribution in [-0.2, 0) is 18.4 Å². The van der Waals surface area contributed by atoms with Crippen LogP contribution in [0.15, 0.2) is 12.2 Å². The van der Waals surface area contributed by atoms with Crippen molar-refractivity contribution in [3.05, 3.63) is 12.2 Å². The van der Waals surface area contributed by atoms with Crippen LogP contribution in [0.1, 0.15) is 104 Å². The van der Waals surface area contributed by atoms with Crippen molar-refractivity contribution >= 4 is 13.7 Å². The third kappa shape index (κ3) is 22.4. The molecule has 214 valence electrons. The Balaban J connectivity index is 4.54. The largest absolute Gasteiger partial charge is 0.472 e. The number of nitrogens with zero attached hydrogens (tertiary/aromatic N) is 1. The van der Waals surface area contributed by atoms with E-state index in [1.165, 1.54) is 44.9 Å². The molecule has 0 radical (unpaired) electrons. The zero-order valence-electron chi connectivity index (χ0n) is 23.8. The van der Waals surface area contributed by atoms with Gasteiger partial charge in [-0.2, -0.15) is 0 Å². The first-order chi connectivity index (χ1) is 17.0. The Kier molecular flexibility index (Phi) is 20.8. The number of rotatable bonds is 24. The van der Waals surface area contributed by atoms with E-state index in [2.05, 4.69) is 19.2 Å². The van der Waals surface area contributed by atoms with Gasteiger partial charge < -0.3 is 19.8 Å². The lowest BCUT2D eigenvalue weighted by atomic mass is 10.1. The van der Waals surface area contributed by atoms with E-state index in [1.54, 1.807) is 6.08 Å². The summed E-state index contributed by atoms with van der Waals surface area (Å²) in [6, 6.07) is -0.832. The van der Waals surface area contributed by atoms with Crippen molar-refractivity contribution in [3.63, 3.8) is 0 Å². The lowest BCUT2D eigenvalue weighted by Gasteiger charge is -2.25. The molecule has 0 aromatic rings. The van der Waals surface area contributed by atoms with E-state index in [0.717, 1.165) is 38.5 Å². The third-order valence-corrected chi connectivity index (χ3v) is 6.99. The van der Waals surface area contributed by atoms with E-state index in [9.17, 15) is 19.4 Å². The summed E-state index contributed by atoms with van der Waals surface area (Å²) >= 11 is 0. The highest BCUT2D eigenvalue weighted by atomic mass is 31.2. The third-order valence-electron chi connectivity index (χ3n) is 6.01. The van der Waals surface area contributed by atoms with E-state index in [4.69, 9.17) is 9.05 Å². The number of nitrogens with one attached hydrogen (secondary N) is 1. The Labute approximate surface area is 221 Å². The molecule has 3 atom stereocenters. The number of carbonyl (C=O) groups is 1. The first kappa shape index (κ1) is 35.2. The maximum atomic E-state index is 12.5. The second kappa shape index (κ2) is 21.2. The van der Waals surface area contributed by atoms with Crippen LogP contribution in [0, 0.1) is 0 Å². The molecule has 0 aromatic carbocycles. The predicted molar refractivity (Wildman–Crippen MR) is 148 cm³/mol. The number of phosphoric acid groups is 1. The number of hydrogen-bond acceptors (Lipinski definition) is 5. The topological polar surface area (TPSA) is 105 Å². The predicted octanol–water partition coefficient (Wildman–Crippen LogP) is 5.73. The number of carbonyl (C=O) groups excluding carboxylic acids is 1. The average molecular weight is 536 g/mol. The van der Waals surface area contributed by atoms with Crippen molar-refractivity contribution < 1.29 is 32.9 Å². The molecule has 3 unspecified atom stereocenters. The fourth-order valence-electron chi connectivity index (χ4n) is 3.61. The summed E-state index contributed by atoms with van der Waals surface area (Å²) in [6.45, 7) is 4.60. The first-order valence-electron chi connectivity index (χ1n) is 14.1. The number of phosphoric ester groups is 1. The number of quaternary nitrogens is 1. The van der Waals surface area contributed by atoms with Gasteiger partial charge in [0.15, 0.2) is 0 Å². The van der Waals surface area contributed by atoms with E-state index in [0.29, 0.717) is 17.4 Å². The zero-order valence-corrected chi connectivity index (χ0v) is 24.6. The number of amides is 1. The van der Waals surface area contributed by atoms with E-state index in [-0.39, 0.29) is 19.1 Å². The van der Waals surface area contributed by atoms with Gasteiger partial charge in [0.1, 0.15) is 13.2 Å². The molecule has 9 heteroatoms. The molecular weight excluding hydrogens is 479 g/mol. The zero-order chi connectivity index (χ0) is 27.3. The lowest BCUT2D eigenvalue weighted by molar-refractivity contribution is -0.870. The van der Waals surface area contributed by atoms with Crippen molar-refractivity contribution in [2.75, 3.05) is 40.9 Å². The fraction of sp³-hybridized carbons (Fsp3) is 0.889. The van der Waals surface area contributed by atoms with Gasteiger partial charge in [0.25, 0.3) is 0 Å². The van der Waals surface area contributed by atoms with Gasteiger partial charge in [-0.05, 0) is 12.8 Å². The molecule has 0 aliphatic heterocycles. The second-order valence-corrected chi connectivity index (χ2v) is 12.2. The van der Waals surface area contributed by atoms with Crippen molar-refractivity contribution in [1.29, 1.82) is 0 Å². The summed E-state index contributed by atoms with van der Waals surface area (Å²) in [5, 5.41) is 13.4. The number of aliphatic hydroxyl groups excluding tert-OH is 1. The molecule has 0 aromatic heterocycles. The minimum Gasteiger partial charge on any atom is -0.387 e. The molecular formula is C27H56N2O6P+. The molecule has 0 rings (SSSR count). The van der Waals surface area contributed by atoms with E-state index in [1.807, 2.05) is 27.2 Å². The van der Waals surface area contributed by atoms with Crippen LogP contribution in [0.4, 0.5) is 0 Å². The van der Waals surface area contributed by atoms with Crippen LogP contribution < -0.4 is 5.32 Å². The maximum absolute atomic E-state index is 12.5. The van der Waals surface area contributed by atoms with Crippen LogP contribution in [0.3, 0.4) is 0 Å². The lowest BCUT2D eigenvalue weighted by Crippen LogP contribution is -2.45.